The molecule has 0 radical (unpaired) electrons. The fourth-order valence-electron chi connectivity index (χ4n) is 2.85. The van der Waals surface area contributed by atoms with Crippen LogP contribution in [0.15, 0.2) is 29.3 Å². The molecule has 0 spiro atoms. The van der Waals surface area contributed by atoms with Gasteiger partial charge in [0.05, 0.1) is 17.2 Å². The van der Waals surface area contributed by atoms with Crippen LogP contribution in [0.2, 0.25) is 0 Å². The number of carbonyl (C=O) groups is 1. The second kappa shape index (κ2) is 12.1. The number of benzene rings is 1. The number of thiazole rings is 1. The molecule has 0 unspecified atom stereocenters. The quantitative estimate of drug-likeness (QED) is 0.257. The summed E-state index contributed by atoms with van der Waals surface area (Å²) >= 11 is 1.71. The van der Waals surface area contributed by atoms with Gasteiger partial charge in [0.2, 0.25) is 0 Å². The van der Waals surface area contributed by atoms with E-state index in [2.05, 4.69) is 25.9 Å². The van der Waals surface area contributed by atoms with E-state index in [1.807, 2.05) is 38.1 Å². The highest BCUT2D eigenvalue weighted by atomic mass is 127. The minimum Gasteiger partial charge on any atom is -0.484 e. The minimum absolute atomic E-state index is 0. The van der Waals surface area contributed by atoms with E-state index in [4.69, 9.17) is 4.74 Å². The number of rotatable bonds is 9. The van der Waals surface area contributed by atoms with E-state index in [1.165, 1.54) is 10.4 Å². The Hall–Kier alpha value is -1.88. The predicted molar refractivity (Wildman–Crippen MR) is 132 cm³/mol. The fraction of sp³-hybridized carbons (Fsp3) is 0.476. The second-order valence-corrected chi connectivity index (χ2v) is 8.41. The van der Waals surface area contributed by atoms with Crippen molar-refractivity contribution in [2.75, 3.05) is 20.2 Å². The van der Waals surface area contributed by atoms with Crippen molar-refractivity contribution in [1.29, 1.82) is 0 Å². The molecule has 3 N–H and O–H groups in total. The van der Waals surface area contributed by atoms with E-state index in [-0.39, 0.29) is 36.5 Å². The highest BCUT2D eigenvalue weighted by molar-refractivity contribution is 14.0. The van der Waals surface area contributed by atoms with Gasteiger partial charge in [-0.3, -0.25) is 9.79 Å². The predicted octanol–water partition coefficient (Wildman–Crippen LogP) is 2.94. The van der Waals surface area contributed by atoms with Crippen molar-refractivity contribution in [2.45, 2.75) is 45.7 Å². The number of ether oxygens (including phenoxy) is 1. The molecule has 1 aliphatic carbocycles. The molecule has 1 aromatic carbocycles. The molecule has 1 heterocycles. The van der Waals surface area contributed by atoms with Crippen LogP contribution in [0.1, 0.15) is 34.0 Å². The highest BCUT2D eigenvalue weighted by Crippen LogP contribution is 2.19. The van der Waals surface area contributed by atoms with E-state index >= 15 is 0 Å². The first kappa shape index (κ1) is 24.4. The molecule has 164 valence electrons. The first-order chi connectivity index (χ1) is 14.0. The average Bonchev–Trinajstić information content (AvgIpc) is 3.46. The molecule has 1 fully saturated rings. The molecule has 1 amide bonds. The molecule has 30 heavy (non-hydrogen) atoms. The minimum atomic E-state index is -0.0525. The van der Waals surface area contributed by atoms with E-state index in [1.54, 1.807) is 18.4 Å². The van der Waals surface area contributed by atoms with Crippen molar-refractivity contribution in [3.05, 3.63) is 45.4 Å². The zero-order valence-electron chi connectivity index (χ0n) is 17.7. The summed E-state index contributed by atoms with van der Waals surface area (Å²) in [5.74, 6) is 1.43. The molecule has 0 aliphatic heterocycles. The lowest BCUT2D eigenvalue weighted by Crippen LogP contribution is -2.37. The molecule has 3 rings (SSSR count). The fourth-order valence-corrected chi connectivity index (χ4v) is 3.72. The SMILES string of the molecule is CN=C(NCCc1ccc(OCC(=O)NC2CC2)cc1)NCc1sc(C)nc1C.I. The van der Waals surface area contributed by atoms with Crippen molar-refractivity contribution in [3.63, 3.8) is 0 Å². The Balaban J connectivity index is 0.00000320. The second-order valence-electron chi connectivity index (χ2n) is 7.12. The lowest BCUT2D eigenvalue weighted by atomic mass is 10.1. The maximum absolute atomic E-state index is 11.7. The lowest BCUT2D eigenvalue weighted by molar-refractivity contribution is -0.123. The van der Waals surface area contributed by atoms with Crippen molar-refractivity contribution in [3.8, 4) is 5.75 Å². The van der Waals surface area contributed by atoms with Crippen molar-refractivity contribution >= 4 is 47.2 Å². The van der Waals surface area contributed by atoms with Crippen LogP contribution in [0.25, 0.3) is 0 Å². The Labute approximate surface area is 199 Å². The Morgan fingerprint density at radius 3 is 2.57 bits per heavy atom. The van der Waals surface area contributed by atoms with Crippen LogP contribution in [0.3, 0.4) is 0 Å². The third-order valence-corrected chi connectivity index (χ3v) is 5.65. The van der Waals surface area contributed by atoms with Crippen molar-refractivity contribution in [2.24, 2.45) is 4.99 Å². The van der Waals surface area contributed by atoms with Gasteiger partial charge in [-0.2, -0.15) is 0 Å². The zero-order valence-corrected chi connectivity index (χ0v) is 20.8. The standard InChI is InChI=1S/C21H29N5O2S.HI/c1-14-19(29-15(2)25-14)12-24-21(22-3)23-11-10-16-4-8-18(9-5-16)28-13-20(27)26-17-6-7-17;/h4-5,8-9,17H,6-7,10-13H2,1-3H3,(H,26,27)(H2,22,23,24);1H. The number of guanidine groups is 1. The number of aromatic nitrogens is 1. The largest absolute Gasteiger partial charge is 0.484 e. The Morgan fingerprint density at radius 2 is 1.97 bits per heavy atom. The molecule has 1 aliphatic rings. The molecule has 0 atom stereocenters. The summed E-state index contributed by atoms with van der Waals surface area (Å²) in [4.78, 5) is 21.6. The van der Waals surface area contributed by atoms with Gasteiger partial charge in [-0.15, -0.1) is 35.3 Å². The van der Waals surface area contributed by atoms with Crippen LogP contribution in [0.5, 0.6) is 5.75 Å². The number of amides is 1. The summed E-state index contributed by atoms with van der Waals surface area (Å²) in [5.41, 5.74) is 2.26. The molecule has 9 heteroatoms. The van der Waals surface area contributed by atoms with Crippen LogP contribution >= 0.6 is 35.3 Å². The van der Waals surface area contributed by atoms with E-state index in [0.717, 1.165) is 49.0 Å². The first-order valence-electron chi connectivity index (χ1n) is 9.92. The highest BCUT2D eigenvalue weighted by Gasteiger charge is 2.23. The topological polar surface area (TPSA) is 87.6 Å². The van der Waals surface area contributed by atoms with Gasteiger partial charge in [0.15, 0.2) is 12.6 Å². The number of aliphatic imine (C=N–C) groups is 1. The normalized spacial score (nSPS) is 13.4. The smallest absolute Gasteiger partial charge is 0.258 e. The Kier molecular flexibility index (Phi) is 9.83. The summed E-state index contributed by atoms with van der Waals surface area (Å²) < 4.78 is 5.54. The number of carbonyl (C=O) groups excluding carboxylic acids is 1. The lowest BCUT2D eigenvalue weighted by Gasteiger charge is -2.12. The van der Waals surface area contributed by atoms with E-state index in [9.17, 15) is 4.79 Å². The number of nitrogens with zero attached hydrogens (tertiary/aromatic N) is 2. The molecule has 0 bridgehead atoms. The number of hydrogen-bond acceptors (Lipinski definition) is 5. The van der Waals surface area contributed by atoms with Gasteiger partial charge < -0.3 is 20.7 Å². The summed E-state index contributed by atoms with van der Waals surface area (Å²) in [5, 5.41) is 10.7. The maximum atomic E-state index is 11.7. The molecular weight excluding hydrogens is 513 g/mol. The van der Waals surface area contributed by atoms with Crippen LogP contribution in [-0.2, 0) is 17.8 Å². The van der Waals surface area contributed by atoms with Gasteiger partial charge in [0.25, 0.3) is 5.91 Å². The maximum Gasteiger partial charge on any atom is 0.258 e. The van der Waals surface area contributed by atoms with Gasteiger partial charge in [-0.25, -0.2) is 4.98 Å². The third kappa shape index (κ3) is 8.10. The van der Waals surface area contributed by atoms with Gasteiger partial charge in [0.1, 0.15) is 5.75 Å². The average molecular weight is 543 g/mol. The Bertz CT molecular complexity index is 850. The zero-order chi connectivity index (χ0) is 20.6. The molecule has 7 nitrogen and oxygen atoms in total. The van der Waals surface area contributed by atoms with Gasteiger partial charge in [-0.05, 0) is 50.8 Å². The van der Waals surface area contributed by atoms with Crippen molar-refractivity contribution < 1.29 is 9.53 Å². The molecule has 2 aromatic rings. The molecule has 0 saturated heterocycles. The molecular formula is C21H30IN5O2S. The number of hydrogen-bond donors (Lipinski definition) is 3. The van der Waals surface area contributed by atoms with Gasteiger partial charge in [-0.1, -0.05) is 12.1 Å². The number of nitrogens with one attached hydrogen (secondary N) is 3. The first-order valence-corrected chi connectivity index (χ1v) is 10.7. The summed E-state index contributed by atoms with van der Waals surface area (Å²) in [6, 6.07) is 8.22. The monoisotopic (exact) mass is 543 g/mol. The van der Waals surface area contributed by atoms with Crippen LogP contribution < -0.4 is 20.7 Å². The van der Waals surface area contributed by atoms with E-state index < -0.39 is 0 Å². The summed E-state index contributed by atoms with van der Waals surface area (Å²) in [7, 11) is 1.77. The Morgan fingerprint density at radius 1 is 1.23 bits per heavy atom. The van der Waals surface area contributed by atoms with Gasteiger partial charge >= 0.3 is 0 Å². The summed E-state index contributed by atoms with van der Waals surface area (Å²) in [6.45, 7) is 5.61. The van der Waals surface area contributed by atoms with Crippen LogP contribution in [0, 0.1) is 13.8 Å². The number of aryl methyl sites for hydroxylation is 2. The summed E-state index contributed by atoms with van der Waals surface area (Å²) in [6.07, 6.45) is 3.03. The molecule has 1 aromatic heterocycles. The van der Waals surface area contributed by atoms with Crippen LogP contribution in [-0.4, -0.2) is 43.1 Å². The third-order valence-electron chi connectivity index (χ3n) is 4.58. The van der Waals surface area contributed by atoms with Crippen LogP contribution in [0.4, 0.5) is 0 Å². The van der Waals surface area contributed by atoms with E-state index in [0.29, 0.717) is 11.8 Å². The molecule has 1 saturated carbocycles. The number of halogens is 1. The van der Waals surface area contributed by atoms with Crippen molar-refractivity contribution in [1.82, 2.24) is 20.9 Å². The van der Waals surface area contributed by atoms with Gasteiger partial charge in [0, 0.05) is 24.5 Å².